The number of nitro groups is 1. The van der Waals surface area contributed by atoms with Crippen molar-refractivity contribution < 1.29 is 33.5 Å². The minimum atomic E-state index is -1.04. The van der Waals surface area contributed by atoms with Gasteiger partial charge in [-0.25, -0.2) is 4.79 Å². The number of thioether (sulfide) groups is 1. The van der Waals surface area contributed by atoms with E-state index in [2.05, 4.69) is 15.9 Å². The Morgan fingerprint density at radius 3 is 2.61 bits per heavy atom. The zero-order chi connectivity index (χ0) is 26.4. The highest BCUT2D eigenvalue weighted by molar-refractivity contribution is 9.10. The first kappa shape index (κ1) is 27.2. The molecule has 1 saturated heterocycles. The number of halogens is 1. The SMILES string of the molecule is CCOC(=O)[C@@H](C)N1C(=O)S/C(=C/c2cc(Br)c(OCc3cccc([N+](=O)[O-])c3)c(OCC)c2)C1=O. The van der Waals surface area contributed by atoms with Gasteiger partial charge in [-0.1, -0.05) is 12.1 Å². The summed E-state index contributed by atoms with van der Waals surface area (Å²) < 4.78 is 17.1. The average molecular weight is 579 g/mol. The third-order valence-electron chi connectivity index (χ3n) is 4.97. The first-order valence-electron chi connectivity index (χ1n) is 10.9. The number of carbonyl (C=O) groups is 3. The number of benzene rings is 2. The standard InChI is InChI=1S/C24H23BrN2O8S/c1-4-33-19-11-16(12-20-22(28)26(24(30)36-20)14(3)23(29)34-5-2)10-18(25)21(19)35-13-15-7-6-8-17(9-15)27(31)32/h6-12,14H,4-5,13H2,1-3H3/b20-12+/t14-/m1/s1. The van der Waals surface area contributed by atoms with Crippen molar-refractivity contribution in [1.82, 2.24) is 4.90 Å². The molecule has 1 atom stereocenters. The number of esters is 1. The molecule has 12 heteroatoms. The lowest BCUT2D eigenvalue weighted by Crippen LogP contribution is -2.42. The summed E-state index contributed by atoms with van der Waals surface area (Å²) in [5, 5.41) is 10.5. The molecule has 1 aliphatic rings. The summed E-state index contributed by atoms with van der Waals surface area (Å²) in [6.45, 7) is 5.41. The van der Waals surface area contributed by atoms with Crippen molar-refractivity contribution in [1.29, 1.82) is 0 Å². The van der Waals surface area contributed by atoms with E-state index in [0.717, 1.165) is 16.7 Å². The summed E-state index contributed by atoms with van der Waals surface area (Å²) in [5.74, 6) is -0.495. The van der Waals surface area contributed by atoms with Crippen LogP contribution in [0, 0.1) is 10.1 Å². The van der Waals surface area contributed by atoms with Gasteiger partial charge in [0.15, 0.2) is 11.5 Å². The van der Waals surface area contributed by atoms with Crippen molar-refractivity contribution in [3.05, 3.63) is 67.0 Å². The summed E-state index contributed by atoms with van der Waals surface area (Å²) in [6, 6.07) is 8.41. The normalized spacial score (nSPS) is 15.2. The molecule has 2 aromatic carbocycles. The third kappa shape index (κ3) is 6.24. The van der Waals surface area contributed by atoms with Crippen molar-refractivity contribution in [2.75, 3.05) is 13.2 Å². The van der Waals surface area contributed by atoms with Gasteiger partial charge < -0.3 is 14.2 Å². The van der Waals surface area contributed by atoms with Crippen LogP contribution in [0.25, 0.3) is 6.08 Å². The largest absolute Gasteiger partial charge is 0.490 e. The predicted octanol–water partition coefficient (Wildman–Crippen LogP) is 5.32. The zero-order valence-corrected chi connectivity index (χ0v) is 22.1. The second-order valence-corrected chi connectivity index (χ2v) is 9.31. The molecule has 1 aliphatic heterocycles. The van der Waals surface area contributed by atoms with Gasteiger partial charge in [-0.05, 0) is 77.8 Å². The van der Waals surface area contributed by atoms with Crippen LogP contribution in [0.2, 0.25) is 0 Å². The first-order chi connectivity index (χ1) is 17.2. The number of hydrogen-bond acceptors (Lipinski definition) is 9. The van der Waals surface area contributed by atoms with E-state index in [4.69, 9.17) is 14.2 Å². The summed E-state index contributed by atoms with van der Waals surface area (Å²) in [5.41, 5.74) is 1.12. The average Bonchev–Trinajstić information content (AvgIpc) is 3.11. The Hall–Kier alpha value is -3.38. The van der Waals surface area contributed by atoms with E-state index in [9.17, 15) is 24.5 Å². The van der Waals surface area contributed by atoms with E-state index in [1.165, 1.54) is 25.1 Å². The molecule has 2 aromatic rings. The smallest absolute Gasteiger partial charge is 0.329 e. The monoisotopic (exact) mass is 578 g/mol. The fourth-order valence-corrected chi connectivity index (χ4v) is 4.81. The van der Waals surface area contributed by atoms with Gasteiger partial charge in [-0.15, -0.1) is 0 Å². The van der Waals surface area contributed by atoms with Gasteiger partial charge in [-0.3, -0.25) is 24.6 Å². The van der Waals surface area contributed by atoms with Crippen molar-refractivity contribution in [3.8, 4) is 11.5 Å². The Labute approximate surface area is 219 Å². The third-order valence-corrected chi connectivity index (χ3v) is 6.45. The van der Waals surface area contributed by atoms with Gasteiger partial charge >= 0.3 is 5.97 Å². The van der Waals surface area contributed by atoms with Crippen LogP contribution in [-0.4, -0.2) is 46.2 Å². The minimum absolute atomic E-state index is 0.0400. The van der Waals surface area contributed by atoms with Gasteiger partial charge in [0.25, 0.3) is 16.8 Å². The van der Waals surface area contributed by atoms with Crippen molar-refractivity contribution in [2.45, 2.75) is 33.4 Å². The fourth-order valence-electron chi connectivity index (χ4n) is 3.32. The molecule has 0 radical (unpaired) electrons. The van der Waals surface area contributed by atoms with E-state index in [-0.39, 0.29) is 23.8 Å². The second-order valence-electron chi connectivity index (χ2n) is 7.46. The molecule has 1 heterocycles. The van der Waals surface area contributed by atoms with E-state index < -0.39 is 28.1 Å². The molecule has 0 saturated carbocycles. The molecule has 2 amide bonds. The van der Waals surface area contributed by atoms with Crippen LogP contribution in [0.5, 0.6) is 11.5 Å². The molecule has 36 heavy (non-hydrogen) atoms. The fraction of sp³-hybridized carbons (Fsp3) is 0.292. The number of ether oxygens (including phenoxy) is 3. The molecule has 0 N–H and O–H groups in total. The van der Waals surface area contributed by atoms with Crippen LogP contribution in [-0.2, 0) is 20.9 Å². The molecule has 190 valence electrons. The summed E-state index contributed by atoms with van der Waals surface area (Å²) >= 11 is 4.18. The Morgan fingerprint density at radius 1 is 1.19 bits per heavy atom. The van der Waals surface area contributed by atoms with Gasteiger partial charge in [0, 0.05) is 12.1 Å². The summed E-state index contributed by atoms with van der Waals surface area (Å²) in [4.78, 5) is 48.9. The van der Waals surface area contributed by atoms with Crippen LogP contribution < -0.4 is 9.47 Å². The van der Waals surface area contributed by atoms with Crippen molar-refractivity contribution >= 4 is 56.6 Å². The number of amides is 2. The van der Waals surface area contributed by atoms with E-state index in [0.29, 0.717) is 33.7 Å². The molecular formula is C24H23BrN2O8S. The maximum atomic E-state index is 12.9. The van der Waals surface area contributed by atoms with E-state index in [1.807, 2.05) is 0 Å². The lowest BCUT2D eigenvalue weighted by Gasteiger charge is -2.19. The molecule has 0 spiro atoms. The summed E-state index contributed by atoms with van der Waals surface area (Å²) in [6.07, 6.45) is 1.53. The number of non-ortho nitro benzene ring substituents is 1. The van der Waals surface area contributed by atoms with Crippen LogP contribution in [0.15, 0.2) is 45.8 Å². The highest BCUT2D eigenvalue weighted by Crippen LogP contribution is 2.40. The minimum Gasteiger partial charge on any atom is -0.490 e. The molecule has 0 aliphatic carbocycles. The maximum Gasteiger partial charge on any atom is 0.329 e. The van der Waals surface area contributed by atoms with Crippen LogP contribution in [0.1, 0.15) is 31.9 Å². The highest BCUT2D eigenvalue weighted by Gasteiger charge is 2.41. The highest BCUT2D eigenvalue weighted by atomic mass is 79.9. The van der Waals surface area contributed by atoms with Gasteiger partial charge in [-0.2, -0.15) is 0 Å². The molecule has 0 unspecified atom stereocenters. The molecule has 0 aromatic heterocycles. The van der Waals surface area contributed by atoms with Crippen molar-refractivity contribution in [3.63, 3.8) is 0 Å². The number of hydrogen-bond donors (Lipinski definition) is 0. The van der Waals surface area contributed by atoms with E-state index in [1.54, 1.807) is 38.1 Å². The molecule has 1 fully saturated rings. The van der Waals surface area contributed by atoms with Crippen LogP contribution >= 0.6 is 27.7 Å². The Bertz CT molecular complexity index is 1230. The molecule has 10 nitrogen and oxygen atoms in total. The number of imide groups is 1. The Balaban J connectivity index is 1.85. The molecule has 3 rings (SSSR count). The lowest BCUT2D eigenvalue weighted by molar-refractivity contribution is -0.384. The number of rotatable bonds is 10. The maximum absolute atomic E-state index is 12.9. The Morgan fingerprint density at radius 2 is 1.94 bits per heavy atom. The summed E-state index contributed by atoms with van der Waals surface area (Å²) in [7, 11) is 0. The molecule has 0 bridgehead atoms. The quantitative estimate of drug-likeness (QED) is 0.159. The second kappa shape index (κ2) is 12.0. The number of nitrogens with zero attached hydrogens (tertiary/aromatic N) is 2. The topological polar surface area (TPSA) is 125 Å². The van der Waals surface area contributed by atoms with Crippen LogP contribution in [0.4, 0.5) is 10.5 Å². The van der Waals surface area contributed by atoms with Gasteiger partial charge in [0.2, 0.25) is 0 Å². The zero-order valence-electron chi connectivity index (χ0n) is 19.7. The van der Waals surface area contributed by atoms with Crippen molar-refractivity contribution in [2.24, 2.45) is 0 Å². The van der Waals surface area contributed by atoms with E-state index >= 15 is 0 Å². The number of carbonyl (C=O) groups excluding carboxylic acids is 3. The Kier molecular flexibility index (Phi) is 9.10. The van der Waals surface area contributed by atoms with Gasteiger partial charge in [0.05, 0.1) is 27.5 Å². The van der Waals surface area contributed by atoms with Gasteiger partial charge in [0.1, 0.15) is 12.6 Å². The predicted molar refractivity (Wildman–Crippen MR) is 137 cm³/mol. The van der Waals surface area contributed by atoms with Crippen LogP contribution in [0.3, 0.4) is 0 Å². The first-order valence-corrected chi connectivity index (χ1v) is 12.5. The molecular weight excluding hydrogens is 556 g/mol. The lowest BCUT2D eigenvalue weighted by atomic mass is 10.1. The number of nitro benzene ring substituents is 1.